The van der Waals surface area contributed by atoms with E-state index in [0.29, 0.717) is 18.7 Å². The maximum Gasteiger partial charge on any atom is 0.252 e. The molecule has 6 heteroatoms. The molecule has 0 bridgehead atoms. The first kappa shape index (κ1) is 20.4. The number of nitrogens with one attached hydrogen (secondary N) is 1. The molecule has 0 unspecified atom stereocenters. The van der Waals surface area contributed by atoms with Gasteiger partial charge in [0.2, 0.25) is 0 Å². The lowest BCUT2D eigenvalue weighted by Gasteiger charge is -2.20. The van der Waals surface area contributed by atoms with Crippen molar-refractivity contribution in [1.82, 2.24) is 20.1 Å². The number of aryl methyl sites for hydroxylation is 1. The largest absolute Gasteiger partial charge is 0.385 e. The second-order valence-electron chi connectivity index (χ2n) is 8.07. The lowest BCUT2D eigenvalue weighted by atomic mass is 10.0. The molecule has 2 aromatic rings. The second kappa shape index (κ2) is 8.16. The van der Waals surface area contributed by atoms with E-state index in [1.165, 1.54) is 0 Å². The number of rotatable bonds is 7. The molecule has 0 atom stereocenters. The van der Waals surface area contributed by atoms with Crippen LogP contribution >= 0.6 is 0 Å². The number of unbranched alkanes of at least 4 members (excludes halogenated alkanes) is 1. The van der Waals surface area contributed by atoms with Crippen LogP contribution in [0.4, 0.5) is 0 Å². The minimum absolute atomic E-state index is 0.0618. The number of fused-ring (bicyclic) bond motifs is 1. The van der Waals surface area contributed by atoms with Crippen LogP contribution < -0.4 is 5.32 Å². The smallest absolute Gasteiger partial charge is 0.252 e. The third-order valence-electron chi connectivity index (χ3n) is 4.36. The molecule has 0 saturated heterocycles. The minimum atomic E-state index is -0.205. The lowest BCUT2D eigenvalue weighted by molar-refractivity contribution is 0.0953. The molecular weight excluding hydrogens is 328 g/mol. The molecule has 0 spiro atoms. The van der Waals surface area contributed by atoms with Crippen LogP contribution in [0.3, 0.4) is 0 Å². The van der Waals surface area contributed by atoms with E-state index in [4.69, 9.17) is 9.72 Å². The van der Waals surface area contributed by atoms with Crippen LogP contribution in [0.25, 0.3) is 11.0 Å². The van der Waals surface area contributed by atoms with Crippen molar-refractivity contribution in [3.05, 3.63) is 23.0 Å². The third kappa shape index (κ3) is 4.41. The number of carbonyl (C=O) groups is 1. The maximum atomic E-state index is 12.9. The van der Waals surface area contributed by atoms with E-state index in [2.05, 4.69) is 45.0 Å². The van der Waals surface area contributed by atoms with Gasteiger partial charge in [-0.25, -0.2) is 9.67 Å². The number of methoxy groups -OCH3 is 1. The third-order valence-corrected chi connectivity index (χ3v) is 4.36. The molecule has 0 radical (unpaired) electrons. The van der Waals surface area contributed by atoms with Gasteiger partial charge in [0.15, 0.2) is 5.65 Å². The molecule has 0 fully saturated rings. The molecule has 6 nitrogen and oxygen atoms in total. The highest BCUT2D eigenvalue weighted by molar-refractivity contribution is 6.06. The highest BCUT2D eigenvalue weighted by Gasteiger charge is 2.25. The Morgan fingerprint density at radius 2 is 2.00 bits per heavy atom. The molecule has 2 rings (SSSR count). The van der Waals surface area contributed by atoms with Crippen LogP contribution in [0.1, 0.15) is 75.1 Å². The van der Waals surface area contributed by atoms with Crippen molar-refractivity contribution in [1.29, 1.82) is 0 Å². The fourth-order valence-electron chi connectivity index (χ4n) is 2.92. The molecule has 0 aliphatic rings. The van der Waals surface area contributed by atoms with Gasteiger partial charge in [-0.3, -0.25) is 4.79 Å². The molecule has 0 aromatic carbocycles. The highest BCUT2D eigenvalue weighted by Crippen LogP contribution is 2.28. The summed E-state index contributed by atoms with van der Waals surface area (Å²) in [5, 5.41) is 8.56. The van der Waals surface area contributed by atoms with Gasteiger partial charge in [-0.1, -0.05) is 13.8 Å². The second-order valence-corrected chi connectivity index (χ2v) is 8.07. The summed E-state index contributed by atoms with van der Waals surface area (Å²) in [6.07, 6.45) is 1.83. The van der Waals surface area contributed by atoms with E-state index in [1.807, 2.05) is 17.7 Å². The Labute approximate surface area is 156 Å². The number of hydrogen-bond acceptors (Lipinski definition) is 4. The predicted octanol–water partition coefficient (Wildman–Crippen LogP) is 3.77. The molecule has 144 valence electrons. The van der Waals surface area contributed by atoms with Crippen molar-refractivity contribution in [3.63, 3.8) is 0 Å². The average Bonchev–Trinajstić information content (AvgIpc) is 2.91. The van der Waals surface area contributed by atoms with Crippen molar-refractivity contribution in [2.75, 3.05) is 20.3 Å². The van der Waals surface area contributed by atoms with Gasteiger partial charge < -0.3 is 10.1 Å². The summed E-state index contributed by atoms with van der Waals surface area (Å²) in [4.78, 5) is 17.7. The normalized spacial score (nSPS) is 12.2. The molecule has 26 heavy (non-hydrogen) atoms. The molecule has 0 saturated carbocycles. The molecule has 1 amide bonds. The summed E-state index contributed by atoms with van der Waals surface area (Å²) in [5.41, 5.74) is 2.99. The van der Waals surface area contributed by atoms with Crippen molar-refractivity contribution in [2.24, 2.45) is 0 Å². The molecule has 2 aromatic heterocycles. The van der Waals surface area contributed by atoms with Crippen LogP contribution in [0, 0.1) is 6.92 Å². The Morgan fingerprint density at radius 3 is 2.58 bits per heavy atom. The Hall–Kier alpha value is -1.95. The maximum absolute atomic E-state index is 12.9. The van der Waals surface area contributed by atoms with Gasteiger partial charge in [0.25, 0.3) is 5.91 Å². The number of nitrogens with zero attached hydrogens (tertiary/aromatic N) is 3. The Morgan fingerprint density at radius 1 is 1.31 bits per heavy atom. The topological polar surface area (TPSA) is 69.0 Å². The zero-order valence-electron chi connectivity index (χ0n) is 17.1. The summed E-state index contributed by atoms with van der Waals surface area (Å²) in [5.74, 6) is 0.171. The monoisotopic (exact) mass is 360 g/mol. The van der Waals surface area contributed by atoms with Gasteiger partial charge in [0.1, 0.15) is 0 Å². The van der Waals surface area contributed by atoms with Crippen molar-refractivity contribution >= 4 is 16.9 Å². The zero-order chi connectivity index (χ0) is 19.5. The summed E-state index contributed by atoms with van der Waals surface area (Å²) in [6.45, 7) is 13.8. The van der Waals surface area contributed by atoms with E-state index in [1.54, 1.807) is 7.11 Å². The van der Waals surface area contributed by atoms with Crippen LogP contribution in [-0.2, 0) is 10.3 Å². The van der Waals surface area contributed by atoms with E-state index in [0.717, 1.165) is 35.3 Å². The molecule has 1 N–H and O–H groups in total. The Balaban J connectivity index is 2.44. The molecule has 0 aliphatic heterocycles. The molecular formula is C20H32N4O2. The van der Waals surface area contributed by atoms with Crippen molar-refractivity contribution in [3.8, 4) is 0 Å². The van der Waals surface area contributed by atoms with Gasteiger partial charge in [-0.15, -0.1) is 0 Å². The van der Waals surface area contributed by atoms with Crippen LogP contribution in [0.5, 0.6) is 0 Å². The fraction of sp³-hybridized carbons (Fsp3) is 0.650. The zero-order valence-corrected chi connectivity index (χ0v) is 17.1. The van der Waals surface area contributed by atoms with Crippen molar-refractivity contribution < 1.29 is 9.53 Å². The van der Waals surface area contributed by atoms with Gasteiger partial charge >= 0.3 is 0 Å². The summed E-state index contributed by atoms with van der Waals surface area (Å²) < 4.78 is 6.98. The number of ether oxygens (including phenoxy) is 1. The first-order valence-electron chi connectivity index (χ1n) is 9.34. The van der Waals surface area contributed by atoms with Crippen LogP contribution in [-0.4, -0.2) is 40.9 Å². The summed E-state index contributed by atoms with van der Waals surface area (Å²) in [7, 11) is 1.69. The van der Waals surface area contributed by atoms with E-state index in [9.17, 15) is 4.79 Å². The van der Waals surface area contributed by atoms with E-state index in [-0.39, 0.29) is 17.4 Å². The van der Waals surface area contributed by atoms with Gasteiger partial charge in [0.05, 0.1) is 22.2 Å². The first-order chi connectivity index (χ1) is 12.2. The van der Waals surface area contributed by atoms with E-state index >= 15 is 0 Å². The number of carbonyl (C=O) groups excluding carboxylic acids is 1. The SMILES string of the molecule is COCCCCNC(=O)c1cc(C(C)C)nc2c1c(C)nn2C(C)(C)C. The van der Waals surface area contributed by atoms with Crippen molar-refractivity contribution in [2.45, 2.75) is 65.8 Å². The highest BCUT2D eigenvalue weighted by atomic mass is 16.5. The lowest BCUT2D eigenvalue weighted by Crippen LogP contribution is -2.26. The summed E-state index contributed by atoms with van der Waals surface area (Å²) in [6, 6.07) is 1.92. The standard InChI is InChI=1S/C20H32N4O2/c1-13(2)16-12-15(19(25)21-10-8-9-11-26-7)17-14(3)23-24(18(17)22-16)20(4,5)6/h12-13H,8-11H2,1-7H3,(H,21,25). The number of aromatic nitrogens is 3. The van der Waals surface area contributed by atoms with Gasteiger partial charge in [-0.2, -0.15) is 5.10 Å². The predicted molar refractivity (Wildman–Crippen MR) is 105 cm³/mol. The first-order valence-corrected chi connectivity index (χ1v) is 9.34. The minimum Gasteiger partial charge on any atom is -0.385 e. The number of hydrogen-bond donors (Lipinski definition) is 1. The molecule has 0 aliphatic carbocycles. The number of amides is 1. The average molecular weight is 361 g/mol. The Kier molecular flexibility index (Phi) is 6.39. The van der Waals surface area contributed by atoms with E-state index < -0.39 is 0 Å². The summed E-state index contributed by atoms with van der Waals surface area (Å²) >= 11 is 0. The van der Waals surface area contributed by atoms with Gasteiger partial charge in [0, 0.05) is 26.0 Å². The van der Waals surface area contributed by atoms with Crippen LogP contribution in [0.2, 0.25) is 0 Å². The van der Waals surface area contributed by atoms with Crippen LogP contribution in [0.15, 0.2) is 6.07 Å². The van der Waals surface area contributed by atoms with Gasteiger partial charge in [-0.05, 0) is 52.5 Å². The molecule has 2 heterocycles. The quantitative estimate of drug-likeness (QED) is 0.763. The fourth-order valence-corrected chi connectivity index (χ4v) is 2.92. The number of pyridine rings is 1. The Bertz CT molecular complexity index is 772.